The van der Waals surface area contributed by atoms with Gasteiger partial charge in [0.05, 0.1) is 11.9 Å². The van der Waals surface area contributed by atoms with Crippen molar-refractivity contribution in [2.75, 3.05) is 6.54 Å². The van der Waals surface area contributed by atoms with Crippen LogP contribution in [0.2, 0.25) is 0 Å². The van der Waals surface area contributed by atoms with E-state index in [4.69, 9.17) is 4.42 Å². The van der Waals surface area contributed by atoms with Gasteiger partial charge in [-0.3, -0.25) is 0 Å². The molecule has 1 unspecified atom stereocenters. The van der Waals surface area contributed by atoms with Crippen LogP contribution in [0, 0.1) is 6.92 Å². The lowest BCUT2D eigenvalue weighted by Gasteiger charge is -2.22. The normalized spacial score (nSPS) is 15.2. The Kier molecular flexibility index (Phi) is 4.33. The van der Waals surface area contributed by atoms with Gasteiger partial charge >= 0.3 is 0 Å². The molecular weight excluding hydrogens is 298 g/mol. The third kappa shape index (κ3) is 3.92. The number of thiophene rings is 1. The molecule has 20 heavy (non-hydrogen) atoms. The summed E-state index contributed by atoms with van der Waals surface area (Å²) in [6, 6.07) is 6.78. The first-order valence-corrected chi connectivity index (χ1v) is 8.39. The van der Waals surface area contributed by atoms with E-state index >= 15 is 0 Å². The molecule has 0 aromatic carbocycles. The maximum Gasteiger partial charge on any atom is 0.250 e. The van der Waals surface area contributed by atoms with E-state index in [1.165, 1.54) is 17.6 Å². The van der Waals surface area contributed by atoms with Crippen molar-refractivity contribution in [2.45, 2.75) is 30.1 Å². The second-order valence-corrected chi connectivity index (χ2v) is 8.22. The molecule has 2 aromatic heterocycles. The summed E-state index contributed by atoms with van der Waals surface area (Å²) in [5.41, 5.74) is -1.21. The van der Waals surface area contributed by atoms with E-state index in [0.29, 0.717) is 5.76 Å². The third-order valence-corrected chi connectivity index (χ3v) is 5.65. The zero-order valence-electron chi connectivity index (χ0n) is 11.3. The SMILES string of the molecule is Cc1ccc(S(=O)(=O)NCC(C)(O)Cc2ccco2)s1. The van der Waals surface area contributed by atoms with Crippen molar-refractivity contribution in [2.24, 2.45) is 0 Å². The Morgan fingerprint density at radius 3 is 2.70 bits per heavy atom. The van der Waals surface area contributed by atoms with E-state index in [1.54, 1.807) is 31.2 Å². The lowest BCUT2D eigenvalue weighted by atomic mass is 10.0. The highest BCUT2D eigenvalue weighted by Gasteiger charge is 2.26. The average molecular weight is 315 g/mol. The van der Waals surface area contributed by atoms with Gasteiger partial charge in [0.25, 0.3) is 0 Å². The summed E-state index contributed by atoms with van der Waals surface area (Å²) in [6.45, 7) is 3.33. The van der Waals surface area contributed by atoms with Gasteiger partial charge in [0.2, 0.25) is 10.0 Å². The van der Waals surface area contributed by atoms with Gasteiger partial charge < -0.3 is 9.52 Å². The van der Waals surface area contributed by atoms with Crippen molar-refractivity contribution in [3.05, 3.63) is 41.2 Å². The van der Waals surface area contributed by atoms with Gasteiger partial charge in [-0.2, -0.15) is 0 Å². The van der Waals surface area contributed by atoms with Gasteiger partial charge in [0, 0.05) is 17.8 Å². The number of aryl methyl sites for hydroxylation is 1. The van der Waals surface area contributed by atoms with Crippen molar-refractivity contribution in [1.29, 1.82) is 0 Å². The maximum atomic E-state index is 12.1. The molecule has 0 fully saturated rings. The molecule has 0 saturated heterocycles. The first kappa shape index (κ1) is 15.2. The number of nitrogens with one attached hydrogen (secondary N) is 1. The van der Waals surface area contributed by atoms with Crippen molar-refractivity contribution >= 4 is 21.4 Å². The summed E-state index contributed by atoms with van der Waals surface area (Å²) in [5, 5.41) is 10.2. The molecule has 2 heterocycles. The van der Waals surface area contributed by atoms with Crippen LogP contribution in [-0.2, 0) is 16.4 Å². The number of aliphatic hydroxyl groups is 1. The third-order valence-electron chi connectivity index (χ3n) is 2.76. The van der Waals surface area contributed by atoms with Crippen LogP contribution in [0.25, 0.3) is 0 Å². The standard InChI is InChI=1S/C13H17NO4S2/c1-10-5-6-12(19-10)20(16,17)14-9-13(2,15)8-11-4-3-7-18-11/h3-7,14-15H,8-9H2,1-2H3. The van der Waals surface area contributed by atoms with Crippen molar-refractivity contribution in [1.82, 2.24) is 4.72 Å². The summed E-state index contributed by atoms with van der Waals surface area (Å²) in [4.78, 5) is 0.924. The van der Waals surface area contributed by atoms with Crippen LogP contribution in [0.3, 0.4) is 0 Å². The Labute approximate surface area is 122 Å². The Balaban J connectivity index is 2.00. The molecule has 0 bridgehead atoms. The first-order chi connectivity index (χ1) is 9.28. The van der Waals surface area contributed by atoms with E-state index < -0.39 is 15.6 Å². The maximum absolute atomic E-state index is 12.1. The summed E-state index contributed by atoms with van der Waals surface area (Å²) < 4.78 is 32.0. The molecule has 5 nitrogen and oxygen atoms in total. The number of sulfonamides is 1. The van der Waals surface area contributed by atoms with Crippen LogP contribution < -0.4 is 4.72 Å². The molecule has 2 rings (SSSR count). The van der Waals surface area contributed by atoms with Crippen LogP contribution in [0.1, 0.15) is 17.6 Å². The van der Waals surface area contributed by atoms with Crippen LogP contribution in [0.5, 0.6) is 0 Å². The minimum Gasteiger partial charge on any atom is -0.469 e. The molecule has 7 heteroatoms. The molecule has 0 spiro atoms. The van der Waals surface area contributed by atoms with Gasteiger partial charge in [0.1, 0.15) is 9.97 Å². The van der Waals surface area contributed by atoms with Gasteiger partial charge in [-0.25, -0.2) is 13.1 Å². The summed E-state index contributed by atoms with van der Waals surface area (Å²) in [7, 11) is -3.57. The van der Waals surface area contributed by atoms with Gasteiger partial charge in [-0.15, -0.1) is 11.3 Å². The second-order valence-electron chi connectivity index (χ2n) is 4.94. The quantitative estimate of drug-likeness (QED) is 0.853. The molecule has 0 aliphatic heterocycles. The summed E-state index contributed by atoms with van der Waals surface area (Å²) >= 11 is 1.20. The highest BCUT2D eigenvalue weighted by Crippen LogP contribution is 2.21. The molecule has 0 amide bonds. The zero-order valence-corrected chi connectivity index (χ0v) is 12.9. The highest BCUT2D eigenvalue weighted by atomic mass is 32.2. The Morgan fingerprint density at radius 2 is 2.15 bits per heavy atom. The highest BCUT2D eigenvalue weighted by molar-refractivity contribution is 7.91. The number of hydrogen-bond donors (Lipinski definition) is 2. The molecule has 0 aliphatic carbocycles. The van der Waals surface area contributed by atoms with Crippen LogP contribution in [0.4, 0.5) is 0 Å². The van der Waals surface area contributed by atoms with Gasteiger partial charge in [-0.1, -0.05) is 0 Å². The smallest absolute Gasteiger partial charge is 0.250 e. The lowest BCUT2D eigenvalue weighted by Crippen LogP contribution is -2.41. The Morgan fingerprint density at radius 1 is 1.40 bits per heavy atom. The molecule has 110 valence electrons. The van der Waals surface area contributed by atoms with E-state index in [-0.39, 0.29) is 17.2 Å². The molecule has 2 aromatic rings. The van der Waals surface area contributed by atoms with Crippen LogP contribution in [0.15, 0.2) is 39.2 Å². The lowest BCUT2D eigenvalue weighted by molar-refractivity contribution is 0.0603. The largest absolute Gasteiger partial charge is 0.469 e. The monoisotopic (exact) mass is 315 g/mol. The van der Waals surface area contributed by atoms with Crippen LogP contribution >= 0.6 is 11.3 Å². The van der Waals surface area contributed by atoms with E-state index in [1.807, 2.05) is 6.92 Å². The predicted octanol–water partition coefficient (Wildman–Crippen LogP) is 1.92. The Bertz CT molecular complexity index is 656. The fourth-order valence-corrected chi connectivity index (χ4v) is 4.22. The zero-order chi connectivity index (χ0) is 14.8. The molecular formula is C13H17NO4S2. The minimum absolute atomic E-state index is 0.0764. The molecule has 0 saturated carbocycles. The summed E-state index contributed by atoms with van der Waals surface area (Å²) in [5.74, 6) is 0.612. The minimum atomic E-state index is -3.57. The first-order valence-electron chi connectivity index (χ1n) is 6.09. The van der Waals surface area contributed by atoms with E-state index in [9.17, 15) is 13.5 Å². The van der Waals surface area contributed by atoms with E-state index in [0.717, 1.165) is 4.88 Å². The van der Waals surface area contributed by atoms with Crippen molar-refractivity contribution in [3.63, 3.8) is 0 Å². The molecule has 0 aliphatic rings. The van der Waals surface area contributed by atoms with Crippen molar-refractivity contribution < 1.29 is 17.9 Å². The van der Waals surface area contributed by atoms with Crippen molar-refractivity contribution in [3.8, 4) is 0 Å². The Hall–Kier alpha value is -1.15. The number of hydrogen-bond acceptors (Lipinski definition) is 5. The van der Waals surface area contributed by atoms with E-state index in [2.05, 4.69) is 4.72 Å². The molecule has 2 N–H and O–H groups in total. The fraction of sp³-hybridized carbons (Fsp3) is 0.385. The molecule has 0 radical (unpaired) electrons. The number of furan rings is 1. The van der Waals surface area contributed by atoms with Gasteiger partial charge in [0.15, 0.2) is 0 Å². The summed E-state index contributed by atoms with van der Waals surface area (Å²) in [6.07, 6.45) is 1.76. The average Bonchev–Trinajstić information content (AvgIpc) is 2.98. The fourth-order valence-electron chi connectivity index (χ4n) is 1.73. The van der Waals surface area contributed by atoms with Gasteiger partial charge in [-0.05, 0) is 38.1 Å². The topological polar surface area (TPSA) is 79.5 Å². The predicted molar refractivity (Wildman–Crippen MR) is 77.3 cm³/mol. The second kappa shape index (κ2) is 5.69. The van der Waals surface area contributed by atoms with Crippen LogP contribution in [-0.4, -0.2) is 25.7 Å². The number of rotatable bonds is 6. The molecule has 1 atom stereocenters.